The van der Waals surface area contributed by atoms with Crippen LogP contribution in [0.15, 0.2) is 53.7 Å². The van der Waals surface area contributed by atoms with E-state index in [0.717, 1.165) is 34.2 Å². The summed E-state index contributed by atoms with van der Waals surface area (Å²) in [5.41, 5.74) is 3.22. The molecule has 0 aliphatic carbocycles. The maximum Gasteiger partial charge on any atom is 0.233 e. The Hall–Kier alpha value is -2.31. The quantitative estimate of drug-likeness (QED) is 0.527. The zero-order valence-electron chi connectivity index (χ0n) is 16.2. The van der Waals surface area contributed by atoms with Crippen molar-refractivity contribution in [3.63, 3.8) is 0 Å². The molecule has 0 saturated heterocycles. The summed E-state index contributed by atoms with van der Waals surface area (Å²) in [6.07, 6.45) is 0. The first-order chi connectivity index (χ1) is 13.5. The first-order valence-electron chi connectivity index (χ1n) is 9.10. The minimum absolute atomic E-state index is 0.0353. The summed E-state index contributed by atoms with van der Waals surface area (Å²) >= 11 is 7.44. The van der Waals surface area contributed by atoms with Gasteiger partial charge < -0.3 is 9.47 Å². The number of thioether (sulfide) groups is 1. The summed E-state index contributed by atoms with van der Waals surface area (Å²) in [5.74, 6) is 1.18. The topological polar surface area (TPSA) is 51.0 Å². The zero-order chi connectivity index (χ0) is 20.1. The molecule has 0 aliphatic rings. The van der Waals surface area contributed by atoms with Crippen LogP contribution in [0.1, 0.15) is 18.1 Å². The highest BCUT2D eigenvalue weighted by molar-refractivity contribution is 7.99. The lowest BCUT2D eigenvalue weighted by Crippen LogP contribution is -2.27. The number of aromatic nitrogens is 3. The van der Waals surface area contributed by atoms with Gasteiger partial charge in [0, 0.05) is 30.7 Å². The third-order valence-corrected chi connectivity index (χ3v) is 5.66. The van der Waals surface area contributed by atoms with E-state index >= 15 is 0 Å². The monoisotopic (exact) mass is 414 g/mol. The van der Waals surface area contributed by atoms with Gasteiger partial charge >= 0.3 is 0 Å². The molecular weight excluding hydrogens is 392 g/mol. The Bertz CT molecular complexity index is 973. The summed E-state index contributed by atoms with van der Waals surface area (Å²) < 4.78 is 2.05. The van der Waals surface area contributed by atoms with E-state index in [1.54, 1.807) is 11.9 Å². The second-order valence-corrected chi connectivity index (χ2v) is 7.91. The number of carbonyl (C=O) groups is 1. The molecule has 3 rings (SSSR count). The number of rotatable bonds is 7. The largest absolute Gasteiger partial charge is 0.341 e. The van der Waals surface area contributed by atoms with E-state index < -0.39 is 0 Å². The van der Waals surface area contributed by atoms with Crippen molar-refractivity contribution < 1.29 is 4.79 Å². The Morgan fingerprint density at radius 3 is 2.68 bits per heavy atom. The second-order valence-electron chi connectivity index (χ2n) is 6.53. The number of halogens is 1. The number of aryl methyl sites for hydroxylation is 1. The third-order valence-electron chi connectivity index (χ3n) is 4.48. The van der Waals surface area contributed by atoms with Crippen LogP contribution >= 0.6 is 23.4 Å². The number of benzene rings is 2. The second kappa shape index (κ2) is 9.26. The number of hydrogen-bond donors (Lipinski definition) is 0. The molecule has 0 saturated carbocycles. The third kappa shape index (κ3) is 4.75. The SMILES string of the molecule is CCn1c(SCC(=O)N(C)Cc2cccc(Cl)c2)nnc1-c1ccccc1C. The standard InChI is InChI=1S/C21H23ClN4OS/c1-4-26-20(18-11-6-5-8-15(18)2)23-24-21(26)28-14-19(27)25(3)13-16-9-7-10-17(22)12-16/h5-12H,4,13-14H2,1-3H3. The van der Waals surface area contributed by atoms with Crippen molar-refractivity contribution in [2.24, 2.45) is 0 Å². The molecule has 1 aromatic heterocycles. The lowest BCUT2D eigenvalue weighted by Gasteiger charge is -2.17. The number of hydrogen-bond acceptors (Lipinski definition) is 4. The van der Waals surface area contributed by atoms with Gasteiger partial charge in [0.15, 0.2) is 11.0 Å². The van der Waals surface area contributed by atoms with Crippen LogP contribution in [0.2, 0.25) is 5.02 Å². The van der Waals surface area contributed by atoms with Gasteiger partial charge in [-0.1, -0.05) is 59.8 Å². The van der Waals surface area contributed by atoms with Crippen molar-refractivity contribution in [3.05, 3.63) is 64.7 Å². The van der Waals surface area contributed by atoms with Crippen molar-refractivity contribution in [3.8, 4) is 11.4 Å². The Morgan fingerprint density at radius 2 is 1.96 bits per heavy atom. The molecule has 0 radical (unpaired) electrons. The van der Waals surface area contributed by atoms with Crippen LogP contribution in [0.4, 0.5) is 0 Å². The van der Waals surface area contributed by atoms with Crippen molar-refractivity contribution >= 4 is 29.3 Å². The van der Waals surface area contributed by atoms with Crippen LogP contribution in [-0.4, -0.2) is 38.4 Å². The molecule has 0 unspecified atom stereocenters. The lowest BCUT2D eigenvalue weighted by molar-refractivity contribution is -0.127. The molecule has 7 heteroatoms. The van der Waals surface area contributed by atoms with Crippen LogP contribution in [0.3, 0.4) is 0 Å². The Morgan fingerprint density at radius 1 is 1.18 bits per heavy atom. The molecule has 2 aromatic carbocycles. The van der Waals surface area contributed by atoms with Crippen molar-refractivity contribution in [2.45, 2.75) is 32.1 Å². The van der Waals surface area contributed by atoms with Crippen molar-refractivity contribution in [1.82, 2.24) is 19.7 Å². The van der Waals surface area contributed by atoms with E-state index in [-0.39, 0.29) is 5.91 Å². The predicted molar refractivity (Wildman–Crippen MR) is 115 cm³/mol. The van der Waals surface area contributed by atoms with Gasteiger partial charge in [0.05, 0.1) is 5.75 Å². The molecule has 0 bridgehead atoms. The van der Waals surface area contributed by atoms with E-state index in [1.807, 2.05) is 42.5 Å². The summed E-state index contributed by atoms with van der Waals surface area (Å²) in [7, 11) is 1.80. The maximum atomic E-state index is 12.6. The lowest BCUT2D eigenvalue weighted by atomic mass is 10.1. The van der Waals surface area contributed by atoms with Gasteiger partial charge in [0.25, 0.3) is 0 Å². The van der Waals surface area contributed by atoms with Gasteiger partial charge in [-0.3, -0.25) is 4.79 Å². The predicted octanol–water partition coefficient (Wildman–Crippen LogP) is 4.68. The average molecular weight is 415 g/mol. The molecule has 28 heavy (non-hydrogen) atoms. The van der Waals surface area contributed by atoms with Gasteiger partial charge in [-0.2, -0.15) is 0 Å². The fourth-order valence-electron chi connectivity index (χ4n) is 2.94. The fraction of sp³-hybridized carbons (Fsp3) is 0.286. The van der Waals surface area contributed by atoms with E-state index in [2.05, 4.69) is 34.7 Å². The van der Waals surface area contributed by atoms with Gasteiger partial charge in [-0.15, -0.1) is 10.2 Å². The molecule has 0 atom stereocenters. The Kier molecular flexibility index (Phi) is 6.75. The minimum atomic E-state index is 0.0353. The van der Waals surface area contributed by atoms with Gasteiger partial charge in [-0.05, 0) is 37.1 Å². The highest BCUT2D eigenvalue weighted by Gasteiger charge is 2.17. The van der Waals surface area contributed by atoms with Crippen LogP contribution < -0.4 is 0 Å². The van der Waals surface area contributed by atoms with Crippen LogP contribution in [0.25, 0.3) is 11.4 Å². The van der Waals surface area contributed by atoms with Crippen molar-refractivity contribution in [1.29, 1.82) is 0 Å². The summed E-state index contributed by atoms with van der Waals surface area (Å²) in [5, 5.41) is 10.1. The van der Waals surface area contributed by atoms with Gasteiger partial charge in [0.1, 0.15) is 0 Å². The van der Waals surface area contributed by atoms with E-state index in [4.69, 9.17) is 11.6 Å². The van der Waals surface area contributed by atoms with Crippen LogP contribution in [0, 0.1) is 6.92 Å². The molecule has 1 amide bonds. The van der Waals surface area contributed by atoms with E-state index in [0.29, 0.717) is 17.3 Å². The number of amides is 1. The number of nitrogens with zero attached hydrogens (tertiary/aromatic N) is 4. The summed E-state index contributed by atoms with van der Waals surface area (Å²) in [6.45, 7) is 5.38. The fourth-order valence-corrected chi connectivity index (χ4v) is 4.09. The van der Waals surface area contributed by atoms with Crippen LogP contribution in [-0.2, 0) is 17.9 Å². The summed E-state index contributed by atoms with van der Waals surface area (Å²) in [4.78, 5) is 14.3. The molecule has 0 aliphatic heterocycles. The van der Waals surface area contributed by atoms with Gasteiger partial charge in [0.2, 0.25) is 5.91 Å². The maximum absolute atomic E-state index is 12.6. The smallest absolute Gasteiger partial charge is 0.233 e. The summed E-state index contributed by atoms with van der Waals surface area (Å²) in [6, 6.07) is 15.7. The molecule has 5 nitrogen and oxygen atoms in total. The number of carbonyl (C=O) groups excluding carboxylic acids is 1. The normalized spacial score (nSPS) is 10.9. The molecular formula is C21H23ClN4OS. The average Bonchev–Trinajstić information content (AvgIpc) is 3.09. The molecule has 0 spiro atoms. The highest BCUT2D eigenvalue weighted by Crippen LogP contribution is 2.26. The van der Waals surface area contributed by atoms with Gasteiger partial charge in [-0.25, -0.2) is 0 Å². The van der Waals surface area contributed by atoms with E-state index in [9.17, 15) is 4.79 Å². The Balaban J connectivity index is 1.67. The molecule has 0 fully saturated rings. The van der Waals surface area contributed by atoms with E-state index in [1.165, 1.54) is 11.8 Å². The zero-order valence-corrected chi connectivity index (χ0v) is 17.8. The molecule has 3 aromatic rings. The molecule has 1 heterocycles. The molecule has 146 valence electrons. The first kappa shape index (κ1) is 20.4. The van der Waals surface area contributed by atoms with Crippen molar-refractivity contribution in [2.75, 3.05) is 12.8 Å². The Labute approximate surface area is 174 Å². The van der Waals surface area contributed by atoms with Crippen LogP contribution in [0.5, 0.6) is 0 Å². The molecule has 0 N–H and O–H groups in total. The minimum Gasteiger partial charge on any atom is -0.341 e. The highest BCUT2D eigenvalue weighted by atomic mass is 35.5. The first-order valence-corrected chi connectivity index (χ1v) is 10.5.